The van der Waals surface area contributed by atoms with Crippen molar-refractivity contribution in [2.24, 2.45) is 10.7 Å². The van der Waals surface area contributed by atoms with Crippen LogP contribution in [0.5, 0.6) is 0 Å². The van der Waals surface area contributed by atoms with Crippen molar-refractivity contribution in [2.45, 2.75) is 30.9 Å². The van der Waals surface area contributed by atoms with Gasteiger partial charge in [-0.15, -0.1) is 0 Å². The molecule has 0 fully saturated rings. The number of hydrogen-bond donors (Lipinski definition) is 3. The Bertz CT molecular complexity index is 1090. The molecule has 1 amide bonds. The van der Waals surface area contributed by atoms with Gasteiger partial charge in [0.1, 0.15) is 41.9 Å². The monoisotopic (exact) mass is 494 g/mol. The number of aromatic nitrogens is 2. The van der Waals surface area contributed by atoms with Crippen molar-refractivity contribution in [3.05, 3.63) is 47.7 Å². The molecule has 0 unspecified atom stereocenters. The predicted octanol–water partition coefficient (Wildman–Crippen LogP) is 3.38. The molecule has 0 aliphatic carbocycles. The molecule has 3 rings (SSSR count). The molecule has 1 aromatic carbocycles. The second kappa shape index (κ2) is 9.04. The number of amides is 1. The van der Waals surface area contributed by atoms with Crippen LogP contribution >= 0.6 is 0 Å². The lowest BCUT2D eigenvalue weighted by atomic mass is 9.84. The maximum absolute atomic E-state index is 14.6. The number of anilines is 2. The maximum Gasteiger partial charge on any atom is 0.417 e. The van der Waals surface area contributed by atoms with Gasteiger partial charge in [-0.25, -0.2) is 14.4 Å². The summed E-state index contributed by atoms with van der Waals surface area (Å²) in [6, 6.07) is 2.87. The minimum atomic E-state index is -4.90. The number of rotatable bonds is 5. The highest BCUT2D eigenvalue weighted by atomic mass is 19.4. The van der Waals surface area contributed by atoms with Crippen molar-refractivity contribution in [1.29, 1.82) is 0 Å². The van der Waals surface area contributed by atoms with Gasteiger partial charge >= 0.3 is 12.4 Å². The smallest absolute Gasteiger partial charge is 0.386 e. The molecule has 0 saturated heterocycles. The fourth-order valence-electron chi connectivity index (χ4n) is 3.25. The Morgan fingerprint density at radius 2 is 1.91 bits per heavy atom. The molecule has 0 bridgehead atoms. The van der Waals surface area contributed by atoms with Crippen molar-refractivity contribution in [2.75, 3.05) is 23.8 Å². The van der Waals surface area contributed by atoms with E-state index in [9.17, 15) is 35.5 Å². The van der Waals surface area contributed by atoms with Crippen molar-refractivity contribution in [3.63, 3.8) is 0 Å². The van der Waals surface area contributed by atoms with E-state index in [2.05, 4.69) is 20.3 Å². The summed E-state index contributed by atoms with van der Waals surface area (Å²) in [6.07, 6.45) is -10.1. The van der Waals surface area contributed by atoms with E-state index < -0.39 is 54.4 Å². The lowest BCUT2D eigenvalue weighted by Gasteiger charge is -2.39. The number of aliphatic imine (C=N–C) groups is 1. The van der Waals surface area contributed by atoms with Crippen LogP contribution < -0.4 is 16.4 Å². The van der Waals surface area contributed by atoms with E-state index in [4.69, 9.17) is 10.5 Å². The Balaban J connectivity index is 1.84. The van der Waals surface area contributed by atoms with Gasteiger partial charge in [-0.05, 0) is 25.1 Å². The number of halogens is 7. The van der Waals surface area contributed by atoms with Crippen LogP contribution in [0, 0.1) is 5.82 Å². The second-order valence-corrected chi connectivity index (χ2v) is 7.39. The predicted molar refractivity (Wildman–Crippen MR) is 106 cm³/mol. The Morgan fingerprint density at radius 1 is 1.21 bits per heavy atom. The summed E-state index contributed by atoms with van der Waals surface area (Å²) in [5, 5.41) is 4.29. The molecule has 1 aliphatic heterocycles. The minimum absolute atomic E-state index is 0.107. The molecule has 2 heterocycles. The quantitative estimate of drug-likeness (QED) is 0.550. The van der Waals surface area contributed by atoms with Crippen LogP contribution in [-0.4, -0.2) is 53.3 Å². The third-order valence-corrected chi connectivity index (χ3v) is 4.71. The molecule has 8 nitrogen and oxygen atoms in total. The third kappa shape index (κ3) is 5.70. The van der Waals surface area contributed by atoms with E-state index in [1.54, 1.807) is 0 Å². The molecule has 15 heteroatoms. The molecule has 4 N–H and O–H groups in total. The Hall–Kier alpha value is -3.49. The number of benzene rings is 1. The van der Waals surface area contributed by atoms with Gasteiger partial charge in [0.2, 0.25) is 0 Å². The molecule has 1 aliphatic rings. The largest absolute Gasteiger partial charge is 0.417 e. The van der Waals surface area contributed by atoms with Gasteiger partial charge in [-0.1, -0.05) is 0 Å². The van der Waals surface area contributed by atoms with E-state index in [0.717, 1.165) is 37.5 Å². The van der Waals surface area contributed by atoms with Gasteiger partial charge in [-0.2, -0.15) is 26.3 Å². The summed E-state index contributed by atoms with van der Waals surface area (Å²) >= 11 is 0. The van der Waals surface area contributed by atoms with E-state index in [-0.39, 0.29) is 23.0 Å². The molecule has 0 spiro atoms. The van der Waals surface area contributed by atoms with Crippen LogP contribution in [0.15, 0.2) is 35.6 Å². The Morgan fingerprint density at radius 3 is 2.50 bits per heavy atom. The summed E-state index contributed by atoms with van der Waals surface area (Å²) in [4.78, 5) is 23.5. The van der Waals surface area contributed by atoms with E-state index >= 15 is 0 Å². The number of hydrogen-bond acceptors (Lipinski definition) is 7. The Kier molecular flexibility index (Phi) is 6.68. The fourth-order valence-corrected chi connectivity index (χ4v) is 3.25. The number of nitrogens with zero attached hydrogens (tertiary/aromatic N) is 3. The average molecular weight is 494 g/mol. The number of ether oxygens (including phenoxy) is 1. The number of carbonyl (C=O) groups excluding carboxylic acids is 1. The maximum atomic E-state index is 14.6. The van der Waals surface area contributed by atoms with Crippen molar-refractivity contribution in [3.8, 4) is 0 Å². The molecule has 2 aromatic rings. The van der Waals surface area contributed by atoms with Crippen LogP contribution in [0.25, 0.3) is 0 Å². The van der Waals surface area contributed by atoms with Crippen molar-refractivity contribution in [1.82, 2.24) is 9.97 Å². The van der Waals surface area contributed by atoms with E-state index in [1.807, 2.05) is 5.32 Å². The second-order valence-electron chi connectivity index (χ2n) is 7.39. The third-order valence-electron chi connectivity index (χ3n) is 4.71. The molecule has 1 aromatic heterocycles. The summed E-state index contributed by atoms with van der Waals surface area (Å²) in [5.41, 5.74) is 2.30. The van der Waals surface area contributed by atoms with Gasteiger partial charge in [-0.3, -0.25) is 9.79 Å². The SMILES string of the molecule is C[C@]1(c2cc(NC(=O)c3cnc(NCC(F)(F)F)cn3)ccc2F)N=C(N)CO[C@H]1C(F)(F)F. The van der Waals surface area contributed by atoms with E-state index in [1.165, 1.54) is 0 Å². The van der Waals surface area contributed by atoms with Crippen LogP contribution in [0.3, 0.4) is 0 Å². The topological polar surface area (TPSA) is 115 Å². The van der Waals surface area contributed by atoms with Crippen LogP contribution in [-0.2, 0) is 10.3 Å². The first kappa shape index (κ1) is 25.1. The number of nitrogens with one attached hydrogen (secondary N) is 2. The molecule has 0 saturated carbocycles. The summed E-state index contributed by atoms with van der Waals surface area (Å²) in [7, 11) is 0. The highest BCUT2D eigenvalue weighted by Gasteiger charge is 2.56. The summed E-state index contributed by atoms with van der Waals surface area (Å²) in [5.74, 6) is -2.45. The van der Waals surface area contributed by atoms with Gasteiger partial charge in [0, 0.05) is 11.3 Å². The van der Waals surface area contributed by atoms with Crippen LogP contribution in [0.1, 0.15) is 23.0 Å². The van der Waals surface area contributed by atoms with Gasteiger partial charge in [0.15, 0.2) is 6.10 Å². The van der Waals surface area contributed by atoms with Crippen molar-refractivity contribution < 1.29 is 40.3 Å². The molecule has 2 atom stereocenters. The zero-order valence-electron chi connectivity index (χ0n) is 17.3. The van der Waals surface area contributed by atoms with Gasteiger partial charge in [0.25, 0.3) is 5.91 Å². The summed E-state index contributed by atoms with van der Waals surface area (Å²) < 4.78 is 96.8. The standard InChI is InChI=1S/C19H17F7N6O2/c1-17(16(19(24,25)26)34-7-13(27)32-17)10-4-9(2-3-11(10)20)31-15(33)12-5-29-14(6-28-12)30-8-18(21,22)23/h2-6,16H,7-8H2,1H3,(H2,27,32)(H,29,30)(H,31,33)/t16-,17-/m1/s1. The zero-order valence-corrected chi connectivity index (χ0v) is 17.3. The minimum Gasteiger partial charge on any atom is -0.386 e. The number of amidine groups is 1. The molecule has 34 heavy (non-hydrogen) atoms. The van der Waals surface area contributed by atoms with Crippen LogP contribution in [0.4, 0.5) is 42.2 Å². The fraction of sp³-hybridized carbons (Fsp3) is 0.368. The number of carbonyl (C=O) groups is 1. The Labute approximate surface area is 187 Å². The lowest BCUT2D eigenvalue weighted by Crippen LogP contribution is -2.53. The molecule has 0 radical (unpaired) electrons. The van der Waals surface area contributed by atoms with Crippen molar-refractivity contribution >= 4 is 23.2 Å². The summed E-state index contributed by atoms with van der Waals surface area (Å²) in [6.45, 7) is -0.955. The molecular weight excluding hydrogens is 477 g/mol. The lowest BCUT2D eigenvalue weighted by molar-refractivity contribution is -0.238. The normalized spacial score (nSPS) is 21.1. The van der Waals surface area contributed by atoms with Gasteiger partial charge in [0.05, 0.1) is 12.4 Å². The number of nitrogens with two attached hydrogens (primary N) is 1. The molecule has 184 valence electrons. The molecular formula is C19H17F7N6O2. The van der Waals surface area contributed by atoms with Gasteiger partial charge < -0.3 is 21.1 Å². The zero-order chi connectivity index (χ0) is 25.3. The first-order valence-electron chi connectivity index (χ1n) is 9.45. The number of alkyl halides is 6. The first-order valence-corrected chi connectivity index (χ1v) is 9.45. The van der Waals surface area contributed by atoms with E-state index in [0.29, 0.717) is 0 Å². The average Bonchev–Trinajstić information content (AvgIpc) is 2.72. The van der Waals surface area contributed by atoms with Crippen LogP contribution in [0.2, 0.25) is 0 Å². The highest BCUT2D eigenvalue weighted by molar-refractivity contribution is 6.02. The first-order chi connectivity index (χ1) is 15.7. The highest BCUT2D eigenvalue weighted by Crippen LogP contribution is 2.43.